The summed E-state index contributed by atoms with van der Waals surface area (Å²) in [4.78, 5) is 13.7. The van der Waals surface area contributed by atoms with Crippen molar-refractivity contribution in [3.8, 4) is 0 Å². The Hall–Kier alpha value is -1.16. The molecule has 1 fully saturated rings. The lowest BCUT2D eigenvalue weighted by molar-refractivity contribution is -0.0615. The van der Waals surface area contributed by atoms with Crippen LogP contribution in [0.15, 0.2) is 11.0 Å². The molecule has 1 saturated heterocycles. The van der Waals surface area contributed by atoms with Crippen LogP contribution in [0.25, 0.3) is 0 Å². The fourth-order valence-corrected chi connectivity index (χ4v) is 2.14. The molecule has 1 aliphatic rings. The Kier molecular flexibility index (Phi) is 3.56. The highest BCUT2D eigenvalue weighted by molar-refractivity contribution is 7.71. The van der Waals surface area contributed by atoms with E-state index in [2.05, 4.69) is 12.2 Å². The standard InChI is InChI=1S/C10H12F2N2O4S/c1-10(12)6(16)5(3-15)18-8(10)14-2-4(11)7(19)13-9(14)17/h2,5-6,8,15-16H,3H2,1H3,(H,13,17,19)/t5?,6-,8?,10?/m0/s1. The first kappa shape index (κ1) is 14.3. The van der Waals surface area contributed by atoms with E-state index in [0.29, 0.717) is 10.8 Å². The van der Waals surface area contributed by atoms with Crippen LogP contribution in [0, 0.1) is 10.5 Å². The number of aromatic nitrogens is 2. The molecule has 3 unspecified atom stereocenters. The van der Waals surface area contributed by atoms with Crippen LogP contribution in [0.4, 0.5) is 8.78 Å². The lowest BCUT2D eigenvalue weighted by Crippen LogP contribution is -2.43. The van der Waals surface area contributed by atoms with Gasteiger partial charge in [-0.05, 0) is 6.92 Å². The maximum Gasteiger partial charge on any atom is 0.328 e. The summed E-state index contributed by atoms with van der Waals surface area (Å²) in [6.07, 6.45) is -3.69. The van der Waals surface area contributed by atoms with Gasteiger partial charge in [0.25, 0.3) is 0 Å². The quantitative estimate of drug-likeness (QED) is 0.670. The van der Waals surface area contributed by atoms with Crippen LogP contribution in [0.2, 0.25) is 0 Å². The molecule has 1 aromatic heterocycles. The smallest absolute Gasteiger partial charge is 0.328 e. The number of H-pyrrole nitrogens is 1. The van der Waals surface area contributed by atoms with Crippen LogP contribution >= 0.6 is 12.2 Å². The van der Waals surface area contributed by atoms with E-state index in [1.807, 2.05) is 4.98 Å². The van der Waals surface area contributed by atoms with Crippen molar-refractivity contribution in [2.24, 2.45) is 0 Å². The van der Waals surface area contributed by atoms with Crippen molar-refractivity contribution in [1.29, 1.82) is 0 Å². The van der Waals surface area contributed by atoms with E-state index in [4.69, 9.17) is 9.84 Å². The van der Waals surface area contributed by atoms with Gasteiger partial charge in [-0.25, -0.2) is 13.6 Å². The molecule has 0 bridgehead atoms. The summed E-state index contributed by atoms with van der Waals surface area (Å²) in [5.74, 6) is -0.920. The normalized spacial score (nSPS) is 34.7. The third-order valence-electron chi connectivity index (χ3n) is 3.07. The predicted molar refractivity (Wildman–Crippen MR) is 62.4 cm³/mol. The number of hydrogen-bond donors (Lipinski definition) is 3. The lowest BCUT2D eigenvalue weighted by atomic mass is 9.98. The van der Waals surface area contributed by atoms with Crippen molar-refractivity contribution in [1.82, 2.24) is 9.55 Å². The number of aromatic amines is 1. The zero-order valence-corrected chi connectivity index (χ0v) is 10.7. The minimum absolute atomic E-state index is 0.404. The summed E-state index contributed by atoms with van der Waals surface area (Å²) in [5, 5.41) is 18.6. The fourth-order valence-electron chi connectivity index (χ4n) is 2.00. The topological polar surface area (TPSA) is 87.5 Å². The van der Waals surface area contributed by atoms with Crippen LogP contribution in [0.5, 0.6) is 0 Å². The van der Waals surface area contributed by atoms with Gasteiger partial charge in [0.1, 0.15) is 16.8 Å². The zero-order valence-electron chi connectivity index (χ0n) is 9.84. The largest absolute Gasteiger partial charge is 0.394 e. The number of ether oxygens (including phenoxy) is 1. The summed E-state index contributed by atoms with van der Waals surface area (Å²) in [5.41, 5.74) is -3.23. The highest BCUT2D eigenvalue weighted by Crippen LogP contribution is 2.40. The van der Waals surface area contributed by atoms with Crippen LogP contribution in [-0.4, -0.2) is 44.2 Å². The first-order valence-electron chi connectivity index (χ1n) is 5.43. The molecule has 3 N–H and O–H groups in total. The van der Waals surface area contributed by atoms with E-state index in [9.17, 15) is 18.7 Å². The second-order valence-electron chi connectivity index (χ2n) is 4.45. The molecule has 0 radical (unpaired) electrons. The SMILES string of the molecule is CC1(F)C(n2cc(F)c(=S)[nH]c2=O)OC(CO)[C@@H]1O. The average molecular weight is 294 g/mol. The Labute approximate surface area is 111 Å². The molecule has 106 valence electrons. The van der Waals surface area contributed by atoms with E-state index in [0.717, 1.165) is 6.92 Å². The van der Waals surface area contributed by atoms with Crippen molar-refractivity contribution >= 4 is 12.2 Å². The Morgan fingerprint density at radius 2 is 2.32 bits per heavy atom. The molecule has 1 aromatic rings. The summed E-state index contributed by atoms with van der Waals surface area (Å²) in [6, 6.07) is 0. The van der Waals surface area contributed by atoms with E-state index in [1.54, 1.807) is 0 Å². The number of rotatable bonds is 2. The highest BCUT2D eigenvalue weighted by Gasteiger charge is 2.55. The first-order valence-corrected chi connectivity index (χ1v) is 5.84. The summed E-state index contributed by atoms with van der Waals surface area (Å²) in [6.45, 7) is 0.376. The number of nitrogens with one attached hydrogen (secondary N) is 1. The molecular weight excluding hydrogens is 282 g/mol. The molecule has 4 atom stereocenters. The van der Waals surface area contributed by atoms with Crippen molar-refractivity contribution in [2.45, 2.75) is 31.0 Å². The van der Waals surface area contributed by atoms with Gasteiger partial charge in [-0.15, -0.1) is 0 Å². The number of aliphatic hydroxyl groups is 2. The Morgan fingerprint density at radius 1 is 1.68 bits per heavy atom. The van der Waals surface area contributed by atoms with Crippen LogP contribution < -0.4 is 5.69 Å². The van der Waals surface area contributed by atoms with Crippen molar-refractivity contribution in [3.63, 3.8) is 0 Å². The van der Waals surface area contributed by atoms with Crippen LogP contribution in [-0.2, 0) is 4.74 Å². The van der Waals surface area contributed by atoms with Gasteiger partial charge in [-0.3, -0.25) is 9.55 Å². The van der Waals surface area contributed by atoms with Gasteiger partial charge in [-0.1, -0.05) is 12.2 Å². The molecule has 6 nitrogen and oxygen atoms in total. The summed E-state index contributed by atoms with van der Waals surface area (Å²) in [7, 11) is 0. The number of hydrogen-bond acceptors (Lipinski definition) is 5. The van der Waals surface area contributed by atoms with Crippen molar-refractivity contribution < 1.29 is 23.7 Å². The van der Waals surface area contributed by atoms with Gasteiger partial charge in [0.05, 0.1) is 12.8 Å². The van der Waals surface area contributed by atoms with Crippen LogP contribution in [0.1, 0.15) is 13.2 Å². The zero-order chi connectivity index (χ0) is 14.4. The molecule has 0 aromatic carbocycles. The van der Waals surface area contributed by atoms with Crippen molar-refractivity contribution in [2.75, 3.05) is 6.61 Å². The Bertz CT molecular complexity index is 600. The molecule has 1 aliphatic heterocycles. The van der Waals surface area contributed by atoms with Gasteiger partial charge < -0.3 is 14.9 Å². The molecule has 2 rings (SSSR count). The molecular formula is C10H12F2N2O4S. The van der Waals surface area contributed by atoms with E-state index in [-0.39, 0.29) is 0 Å². The maximum absolute atomic E-state index is 14.4. The minimum atomic E-state index is -2.36. The fraction of sp³-hybridized carbons (Fsp3) is 0.600. The van der Waals surface area contributed by atoms with Crippen molar-refractivity contribution in [3.05, 3.63) is 27.1 Å². The van der Waals surface area contributed by atoms with Gasteiger partial charge in [-0.2, -0.15) is 0 Å². The summed E-state index contributed by atoms with van der Waals surface area (Å²) >= 11 is 4.53. The molecule has 0 spiro atoms. The third kappa shape index (κ3) is 2.22. The van der Waals surface area contributed by atoms with Gasteiger partial charge in [0, 0.05) is 0 Å². The Balaban J connectivity index is 2.51. The Morgan fingerprint density at radius 3 is 2.84 bits per heavy atom. The second-order valence-corrected chi connectivity index (χ2v) is 4.86. The summed E-state index contributed by atoms with van der Waals surface area (Å²) < 4.78 is 33.0. The number of halogens is 2. The first-order chi connectivity index (χ1) is 8.78. The third-order valence-corrected chi connectivity index (χ3v) is 3.37. The van der Waals surface area contributed by atoms with E-state index in [1.165, 1.54) is 0 Å². The molecule has 0 amide bonds. The molecule has 19 heavy (non-hydrogen) atoms. The van der Waals surface area contributed by atoms with Gasteiger partial charge in [0.15, 0.2) is 17.7 Å². The molecule has 0 aliphatic carbocycles. The maximum atomic E-state index is 14.4. The highest BCUT2D eigenvalue weighted by atomic mass is 32.1. The monoisotopic (exact) mass is 294 g/mol. The number of alkyl halides is 1. The minimum Gasteiger partial charge on any atom is -0.394 e. The van der Waals surface area contributed by atoms with E-state index < -0.39 is 46.9 Å². The van der Waals surface area contributed by atoms with Gasteiger partial charge >= 0.3 is 5.69 Å². The lowest BCUT2D eigenvalue weighted by Gasteiger charge is -2.24. The molecule has 9 heteroatoms. The number of nitrogens with zero attached hydrogens (tertiary/aromatic N) is 1. The van der Waals surface area contributed by atoms with E-state index >= 15 is 0 Å². The van der Waals surface area contributed by atoms with Crippen LogP contribution in [0.3, 0.4) is 0 Å². The van der Waals surface area contributed by atoms with Gasteiger partial charge in [0.2, 0.25) is 0 Å². The predicted octanol–water partition coefficient (Wildman–Crippen LogP) is 0.0238. The molecule has 0 saturated carbocycles. The molecule has 2 heterocycles. The average Bonchev–Trinajstić information content (AvgIpc) is 2.56. The second kappa shape index (κ2) is 4.75. The number of aliphatic hydroxyl groups excluding tert-OH is 2.